The van der Waals surface area contributed by atoms with Crippen LogP contribution in [0.1, 0.15) is 17.4 Å². The van der Waals surface area contributed by atoms with E-state index in [0.29, 0.717) is 30.5 Å². The Bertz CT molecular complexity index is 327. The van der Waals surface area contributed by atoms with Crippen LogP contribution < -0.4 is 5.73 Å². The number of carbonyl (C=O) groups excluding carboxylic acids is 1. The van der Waals surface area contributed by atoms with E-state index < -0.39 is 0 Å². The summed E-state index contributed by atoms with van der Waals surface area (Å²) in [6.45, 7) is 3.66. The van der Waals surface area contributed by atoms with Crippen molar-refractivity contribution in [3.63, 3.8) is 0 Å². The van der Waals surface area contributed by atoms with Gasteiger partial charge in [0.05, 0.1) is 6.61 Å². The summed E-state index contributed by atoms with van der Waals surface area (Å²) in [5.74, 6) is -0.0949. The maximum Gasteiger partial charge on any atom is 0.273 e. The van der Waals surface area contributed by atoms with Crippen molar-refractivity contribution in [3.8, 4) is 0 Å². The standard InChI is InChI=1S/C9H15N3O2S/c1-3-12(4-5-14-2)8(13)7-6-15-9(10)11-7/h6H,3-5H2,1-2H3,(H2,10,11). The lowest BCUT2D eigenvalue weighted by atomic mass is 10.4. The number of thiazole rings is 1. The largest absolute Gasteiger partial charge is 0.383 e. The molecule has 0 aromatic carbocycles. The number of nitrogens with zero attached hydrogens (tertiary/aromatic N) is 2. The Kier molecular flexibility index (Phi) is 4.51. The minimum Gasteiger partial charge on any atom is -0.383 e. The van der Waals surface area contributed by atoms with Gasteiger partial charge in [0.25, 0.3) is 5.91 Å². The van der Waals surface area contributed by atoms with E-state index in [2.05, 4.69) is 4.98 Å². The number of methoxy groups -OCH3 is 1. The fourth-order valence-electron chi connectivity index (χ4n) is 1.15. The van der Waals surface area contributed by atoms with Gasteiger partial charge >= 0.3 is 0 Å². The van der Waals surface area contributed by atoms with Crippen LogP contribution in [0.4, 0.5) is 5.13 Å². The van der Waals surface area contributed by atoms with E-state index in [4.69, 9.17) is 10.5 Å². The molecule has 0 radical (unpaired) electrons. The number of anilines is 1. The highest BCUT2D eigenvalue weighted by Crippen LogP contribution is 2.12. The average Bonchev–Trinajstić information content (AvgIpc) is 2.65. The molecule has 1 heterocycles. The molecule has 15 heavy (non-hydrogen) atoms. The van der Waals surface area contributed by atoms with E-state index in [1.165, 1.54) is 11.3 Å². The third kappa shape index (κ3) is 3.17. The molecule has 0 atom stereocenters. The van der Waals surface area contributed by atoms with Gasteiger partial charge in [-0.05, 0) is 6.92 Å². The zero-order valence-electron chi connectivity index (χ0n) is 8.90. The topological polar surface area (TPSA) is 68.5 Å². The van der Waals surface area contributed by atoms with Crippen molar-refractivity contribution >= 4 is 22.4 Å². The van der Waals surface area contributed by atoms with Crippen LogP contribution in [0.5, 0.6) is 0 Å². The molecule has 0 aliphatic carbocycles. The minimum absolute atomic E-state index is 0.0949. The quantitative estimate of drug-likeness (QED) is 0.812. The Morgan fingerprint density at radius 1 is 1.73 bits per heavy atom. The van der Waals surface area contributed by atoms with Gasteiger partial charge in [-0.3, -0.25) is 4.79 Å². The van der Waals surface area contributed by atoms with Crippen molar-refractivity contribution < 1.29 is 9.53 Å². The number of amides is 1. The highest BCUT2D eigenvalue weighted by molar-refractivity contribution is 7.13. The summed E-state index contributed by atoms with van der Waals surface area (Å²) in [5, 5.41) is 2.09. The molecule has 0 aliphatic rings. The molecule has 2 N–H and O–H groups in total. The Labute approximate surface area is 92.9 Å². The first-order chi connectivity index (χ1) is 7.19. The van der Waals surface area contributed by atoms with Crippen molar-refractivity contribution in [2.75, 3.05) is 32.5 Å². The second-order valence-corrected chi connectivity index (χ2v) is 3.84. The third-order valence-corrected chi connectivity index (χ3v) is 2.65. The highest BCUT2D eigenvalue weighted by atomic mass is 32.1. The van der Waals surface area contributed by atoms with E-state index in [1.54, 1.807) is 17.4 Å². The first-order valence-electron chi connectivity index (χ1n) is 4.68. The predicted molar refractivity (Wildman–Crippen MR) is 60.0 cm³/mol. The smallest absolute Gasteiger partial charge is 0.273 e. The van der Waals surface area contributed by atoms with Crippen LogP contribution in [-0.2, 0) is 4.74 Å². The van der Waals surface area contributed by atoms with Crippen LogP contribution in [0.2, 0.25) is 0 Å². The fraction of sp³-hybridized carbons (Fsp3) is 0.556. The van der Waals surface area contributed by atoms with Crippen LogP contribution in [0.25, 0.3) is 0 Å². The number of nitrogens with two attached hydrogens (primary N) is 1. The molecule has 0 saturated heterocycles. The molecule has 1 aromatic heterocycles. The molecule has 5 nitrogen and oxygen atoms in total. The first kappa shape index (κ1) is 11.9. The lowest BCUT2D eigenvalue weighted by Gasteiger charge is -2.18. The van der Waals surface area contributed by atoms with Crippen molar-refractivity contribution in [3.05, 3.63) is 11.1 Å². The monoisotopic (exact) mass is 229 g/mol. The lowest BCUT2D eigenvalue weighted by Crippen LogP contribution is -2.33. The maximum absolute atomic E-state index is 11.9. The van der Waals surface area contributed by atoms with Crippen molar-refractivity contribution in [2.45, 2.75) is 6.92 Å². The molecule has 0 unspecified atom stereocenters. The molecular formula is C9H15N3O2S. The summed E-state index contributed by atoms with van der Waals surface area (Å²) in [6, 6.07) is 0. The minimum atomic E-state index is -0.0949. The van der Waals surface area contributed by atoms with E-state index in [9.17, 15) is 4.79 Å². The molecule has 0 aliphatic heterocycles. The molecule has 84 valence electrons. The Hall–Kier alpha value is -1.14. The van der Waals surface area contributed by atoms with Crippen molar-refractivity contribution in [2.24, 2.45) is 0 Å². The molecule has 6 heteroatoms. The number of likely N-dealkylation sites (N-methyl/N-ethyl adjacent to an activating group) is 1. The van der Waals surface area contributed by atoms with Gasteiger partial charge < -0.3 is 15.4 Å². The van der Waals surface area contributed by atoms with Gasteiger partial charge in [-0.15, -0.1) is 11.3 Å². The van der Waals surface area contributed by atoms with E-state index in [0.717, 1.165) is 0 Å². The molecule has 0 fully saturated rings. The lowest BCUT2D eigenvalue weighted by molar-refractivity contribution is 0.0701. The van der Waals surface area contributed by atoms with Crippen LogP contribution >= 0.6 is 11.3 Å². The molecule has 0 spiro atoms. The van der Waals surface area contributed by atoms with E-state index in [1.807, 2.05) is 6.92 Å². The molecule has 0 bridgehead atoms. The molecule has 1 rings (SSSR count). The van der Waals surface area contributed by atoms with Gasteiger partial charge in [-0.1, -0.05) is 0 Å². The summed E-state index contributed by atoms with van der Waals surface area (Å²) >= 11 is 1.27. The first-order valence-corrected chi connectivity index (χ1v) is 5.56. The van der Waals surface area contributed by atoms with Gasteiger partial charge in [-0.25, -0.2) is 4.98 Å². The summed E-state index contributed by atoms with van der Waals surface area (Å²) in [7, 11) is 1.61. The summed E-state index contributed by atoms with van der Waals surface area (Å²) in [5.41, 5.74) is 5.88. The number of rotatable bonds is 5. The Morgan fingerprint density at radius 3 is 2.93 bits per heavy atom. The third-order valence-electron chi connectivity index (χ3n) is 1.98. The van der Waals surface area contributed by atoms with Gasteiger partial charge in [0.15, 0.2) is 5.13 Å². The summed E-state index contributed by atoms with van der Waals surface area (Å²) in [6.07, 6.45) is 0. The fourth-order valence-corrected chi connectivity index (χ4v) is 1.69. The van der Waals surface area contributed by atoms with Crippen LogP contribution in [-0.4, -0.2) is 42.6 Å². The number of hydrogen-bond donors (Lipinski definition) is 1. The predicted octanol–water partition coefficient (Wildman–Crippen LogP) is 0.834. The second-order valence-electron chi connectivity index (χ2n) is 2.95. The van der Waals surface area contributed by atoms with E-state index in [-0.39, 0.29) is 5.91 Å². The number of aromatic nitrogens is 1. The van der Waals surface area contributed by atoms with E-state index >= 15 is 0 Å². The van der Waals surface area contributed by atoms with Gasteiger partial charge in [0.2, 0.25) is 0 Å². The molecule has 1 amide bonds. The molecule has 1 aromatic rings. The zero-order valence-corrected chi connectivity index (χ0v) is 9.71. The Morgan fingerprint density at radius 2 is 2.47 bits per heavy atom. The van der Waals surface area contributed by atoms with Crippen LogP contribution in [0.15, 0.2) is 5.38 Å². The molecular weight excluding hydrogens is 214 g/mol. The average molecular weight is 229 g/mol. The van der Waals surface area contributed by atoms with Gasteiger partial charge in [-0.2, -0.15) is 0 Å². The van der Waals surface area contributed by atoms with Gasteiger partial charge in [0.1, 0.15) is 5.69 Å². The van der Waals surface area contributed by atoms with Gasteiger partial charge in [0, 0.05) is 25.6 Å². The zero-order chi connectivity index (χ0) is 11.3. The summed E-state index contributed by atoms with van der Waals surface area (Å²) < 4.78 is 4.93. The summed E-state index contributed by atoms with van der Waals surface area (Å²) in [4.78, 5) is 17.5. The van der Waals surface area contributed by atoms with Crippen LogP contribution in [0, 0.1) is 0 Å². The maximum atomic E-state index is 11.9. The highest BCUT2D eigenvalue weighted by Gasteiger charge is 2.16. The number of nitrogen functional groups attached to an aromatic ring is 1. The molecule has 0 saturated carbocycles. The van der Waals surface area contributed by atoms with Crippen molar-refractivity contribution in [1.82, 2.24) is 9.88 Å². The second kappa shape index (κ2) is 5.67. The number of carbonyl (C=O) groups is 1. The normalized spacial score (nSPS) is 10.3. The Balaban J connectivity index is 2.64. The number of ether oxygens (including phenoxy) is 1. The SMILES string of the molecule is CCN(CCOC)C(=O)c1csc(N)n1. The van der Waals surface area contributed by atoms with Crippen LogP contribution in [0.3, 0.4) is 0 Å². The van der Waals surface area contributed by atoms with Crippen molar-refractivity contribution in [1.29, 1.82) is 0 Å². The number of hydrogen-bond acceptors (Lipinski definition) is 5.